The van der Waals surface area contributed by atoms with Crippen LogP contribution in [-0.4, -0.2) is 83.9 Å². The first kappa shape index (κ1) is 21.0. The van der Waals surface area contributed by atoms with Crippen molar-refractivity contribution >= 4 is 16.1 Å². The zero-order chi connectivity index (χ0) is 21.3. The zero-order valence-electron chi connectivity index (χ0n) is 17.3. The van der Waals surface area contributed by atoms with Gasteiger partial charge in [-0.3, -0.25) is 4.79 Å². The van der Waals surface area contributed by atoms with Crippen LogP contribution >= 0.6 is 0 Å². The van der Waals surface area contributed by atoms with E-state index >= 15 is 0 Å². The fraction of sp³-hybridized carbons (Fsp3) is 0.476. The van der Waals surface area contributed by atoms with Crippen molar-refractivity contribution in [3.63, 3.8) is 0 Å². The summed E-state index contributed by atoms with van der Waals surface area (Å²) in [6.07, 6.45) is 3.65. The summed E-state index contributed by atoms with van der Waals surface area (Å²) in [6.45, 7) is 5.86. The highest BCUT2D eigenvalue weighted by molar-refractivity contribution is 7.86. The molecule has 8 nitrogen and oxygen atoms in total. The summed E-state index contributed by atoms with van der Waals surface area (Å²) in [4.78, 5) is 14.6. The summed E-state index contributed by atoms with van der Waals surface area (Å²) in [6, 6.07) is 11.4. The normalized spacial score (nSPS) is 24.1. The minimum Gasteiger partial charge on any atom is -0.373 e. The summed E-state index contributed by atoms with van der Waals surface area (Å²) in [5.74, 6) is -0.0697. The Kier molecular flexibility index (Phi) is 5.97. The third-order valence-corrected chi connectivity index (χ3v) is 7.55. The van der Waals surface area contributed by atoms with Gasteiger partial charge in [0.2, 0.25) is 0 Å². The van der Waals surface area contributed by atoms with E-state index in [1.165, 1.54) is 8.61 Å². The van der Waals surface area contributed by atoms with Crippen LogP contribution in [0.1, 0.15) is 24.2 Å². The lowest BCUT2D eigenvalue weighted by molar-refractivity contribution is -0.0457. The first-order valence-corrected chi connectivity index (χ1v) is 11.7. The number of rotatable bonds is 4. The van der Waals surface area contributed by atoms with E-state index in [4.69, 9.17) is 4.74 Å². The molecule has 2 saturated heterocycles. The highest BCUT2D eigenvalue weighted by atomic mass is 32.2. The van der Waals surface area contributed by atoms with Crippen LogP contribution in [0.15, 0.2) is 48.8 Å². The summed E-state index contributed by atoms with van der Waals surface area (Å²) in [5, 5.41) is 0. The molecule has 3 heterocycles. The van der Waals surface area contributed by atoms with Crippen LogP contribution in [0.5, 0.6) is 0 Å². The topological polar surface area (TPSA) is 75.1 Å². The van der Waals surface area contributed by atoms with Gasteiger partial charge in [0.25, 0.3) is 16.1 Å². The van der Waals surface area contributed by atoms with Gasteiger partial charge in [-0.1, -0.05) is 0 Å². The number of benzene rings is 1. The Morgan fingerprint density at radius 3 is 2.03 bits per heavy atom. The predicted octanol–water partition coefficient (Wildman–Crippen LogP) is 1.59. The van der Waals surface area contributed by atoms with Crippen molar-refractivity contribution in [2.75, 3.05) is 39.3 Å². The van der Waals surface area contributed by atoms with E-state index in [1.807, 2.05) is 67.2 Å². The lowest BCUT2D eigenvalue weighted by Gasteiger charge is -2.40. The standard InChI is InChI=1S/C21H28N4O4S/c1-17-15-25(16-18(2)29-17)30(27,28)24-13-11-23(12-14-24)21(26)19-5-7-20(8-6-19)22-9-3-4-10-22/h3-10,17-18H,11-16H2,1-2H3. The Morgan fingerprint density at radius 1 is 0.900 bits per heavy atom. The number of aromatic nitrogens is 1. The number of nitrogens with zero attached hydrogens (tertiary/aromatic N) is 4. The van der Waals surface area contributed by atoms with Gasteiger partial charge in [0.15, 0.2) is 0 Å². The Hall–Kier alpha value is -2.20. The Morgan fingerprint density at radius 2 is 1.47 bits per heavy atom. The second-order valence-electron chi connectivity index (χ2n) is 7.91. The van der Waals surface area contributed by atoms with Crippen molar-refractivity contribution in [1.82, 2.24) is 18.1 Å². The molecule has 1 aromatic heterocycles. The molecule has 2 aliphatic rings. The SMILES string of the molecule is CC1CN(S(=O)(=O)N2CCN(C(=O)c3ccc(-n4cccc4)cc3)CC2)CC(C)O1. The summed E-state index contributed by atoms with van der Waals surface area (Å²) in [5.41, 5.74) is 1.60. The molecule has 30 heavy (non-hydrogen) atoms. The van der Waals surface area contributed by atoms with Crippen LogP contribution in [0, 0.1) is 0 Å². The highest BCUT2D eigenvalue weighted by Crippen LogP contribution is 2.20. The number of ether oxygens (including phenoxy) is 1. The number of amides is 1. The van der Waals surface area contributed by atoms with Gasteiger partial charge in [-0.2, -0.15) is 17.0 Å². The van der Waals surface area contributed by atoms with Crippen LogP contribution < -0.4 is 0 Å². The fourth-order valence-corrected chi connectivity index (χ4v) is 5.82. The maximum atomic E-state index is 13.0. The van der Waals surface area contributed by atoms with Crippen molar-refractivity contribution in [3.8, 4) is 5.69 Å². The molecule has 2 unspecified atom stereocenters. The molecule has 0 aliphatic carbocycles. The summed E-state index contributed by atoms with van der Waals surface area (Å²) >= 11 is 0. The molecular weight excluding hydrogens is 404 g/mol. The number of carbonyl (C=O) groups is 1. The monoisotopic (exact) mass is 432 g/mol. The molecule has 0 radical (unpaired) electrons. The average molecular weight is 433 g/mol. The quantitative estimate of drug-likeness (QED) is 0.735. The van der Waals surface area contributed by atoms with Gasteiger partial charge in [0, 0.05) is 62.9 Å². The zero-order valence-corrected chi connectivity index (χ0v) is 18.2. The number of morpholine rings is 1. The molecule has 0 saturated carbocycles. The largest absolute Gasteiger partial charge is 0.373 e. The van der Waals surface area contributed by atoms with Gasteiger partial charge >= 0.3 is 0 Å². The number of carbonyl (C=O) groups excluding carboxylic acids is 1. The number of hydrogen-bond donors (Lipinski definition) is 0. The molecule has 0 bridgehead atoms. The second-order valence-corrected chi connectivity index (χ2v) is 9.84. The Bertz CT molecular complexity index is 957. The summed E-state index contributed by atoms with van der Waals surface area (Å²) in [7, 11) is -3.55. The Labute approximate surface area is 177 Å². The summed E-state index contributed by atoms with van der Waals surface area (Å²) < 4.78 is 36.7. The van der Waals surface area contributed by atoms with E-state index in [-0.39, 0.29) is 18.1 Å². The van der Waals surface area contributed by atoms with Gasteiger partial charge < -0.3 is 14.2 Å². The number of piperazine rings is 1. The van der Waals surface area contributed by atoms with E-state index in [9.17, 15) is 13.2 Å². The van der Waals surface area contributed by atoms with Crippen LogP contribution in [0.2, 0.25) is 0 Å². The molecule has 162 valence electrons. The van der Waals surface area contributed by atoms with Crippen LogP contribution in [0.25, 0.3) is 5.69 Å². The molecule has 2 aromatic rings. The fourth-order valence-electron chi connectivity index (χ4n) is 4.07. The van der Waals surface area contributed by atoms with E-state index in [1.54, 1.807) is 4.90 Å². The lowest BCUT2D eigenvalue weighted by atomic mass is 10.1. The molecule has 2 aliphatic heterocycles. The van der Waals surface area contributed by atoms with Crippen molar-refractivity contribution < 1.29 is 17.9 Å². The second kappa shape index (κ2) is 8.50. The molecule has 1 amide bonds. The first-order chi connectivity index (χ1) is 14.3. The van der Waals surface area contributed by atoms with E-state index in [0.717, 1.165) is 5.69 Å². The maximum absolute atomic E-state index is 13.0. The molecule has 1 aromatic carbocycles. The highest BCUT2D eigenvalue weighted by Gasteiger charge is 2.37. The number of hydrogen-bond acceptors (Lipinski definition) is 4. The molecule has 2 atom stereocenters. The smallest absolute Gasteiger partial charge is 0.282 e. The van der Waals surface area contributed by atoms with Crippen molar-refractivity contribution in [1.29, 1.82) is 0 Å². The van der Waals surface area contributed by atoms with Gasteiger partial charge in [0.1, 0.15) is 0 Å². The van der Waals surface area contributed by atoms with Crippen LogP contribution in [0.3, 0.4) is 0 Å². The van der Waals surface area contributed by atoms with Gasteiger partial charge in [-0.15, -0.1) is 0 Å². The van der Waals surface area contributed by atoms with E-state index in [2.05, 4.69) is 0 Å². The van der Waals surface area contributed by atoms with Crippen molar-refractivity contribution in [2.24, 2.45) is 0 Å². The van der Waals surface area contributed by atoms with Gasteiger partial charge in [-0.05, 0) is 50.2 Å². The minimum absolute atomic E-state index is 0.0697. The van der Waals surface area contributed by atoms with Gasteiger partial charge in [0.05, 0.1) is 12.2 Å². The third kappa shape index (κ3) is 4.29. The lowest BCUT2D eigenvalue weighted by Crippen LogP contribution is -2.57. The predicted molar refractivity (Wildman–Crippen MR) is 114 cm³/mol. The van der Waals surface area contributed by atoms with Gasteiger partial charge in [-0.25, -0.2) is 0 Å². The van der Waals surface area contributed by atoms with Crippen LogP contribution in [-0.2, 0) is 14.9 Å². The maximum Gasteiger partial charge on any atom is 0.282 e. The minimum atomic E-state index is -3.55. The Balaban J connectivity index is 1.37. The average Bonchev–Trinajstić information content (AvgIpc) is 3.28. The molecule has 0 spiro atoms. The van der Waals surface area contributed by atoms with Crippen molar-refractivity contribution in [3.05, 3.63) is 54.4 Å². The van der Waals surface area contributed by atoms with Crippen molar-refractivity contribution in [2.45, 2.75) is 26.1 Å². The third-order valence-electron chi connectivity index (χ3n) is 5.58. The molecule has 0 N–H and O–H groups in total. The van der Waals surface area contributed by atoms with Crippen LogP contribution in [0.4, 0.5) is 0 Å². The first-order valence-electron chi connectivity index (χ1n) is 10.3. The van der Waals surface area contributed by atoms with E-state index < -0.39 is 10.2 Å². The molecule has 2 fully saturated rings. The van der Waals surface area contributed by atoms with E-state index in [0.29, 0.717) is 44.8 Å². The molecule has 9 heteroatoms. The molecule has 4 rings (SSSR count). The molecular formula is C21H28N4O4S.